The molecule has 1 aliphatic heterocycles. The van der Waals surface area contributed by atoms with Crippen molar-refractivity contribution in [3.63, 3.8) is 0 Å². The molecule has 0 bridgehead atoms. The number of quaternary nitrogens is 1. The number of amides is 2. The van der Waals surface area contributed by atoms with Gasteiger partial charge in [0, 0.05) is 6.04 Å². The molecule has 2 aliphatic rings. The number of hydrogen-bond donors (Lipinski definition) is 2. The lowest BCUT2D eigenvalue weighted by Gasteiger charge is -2.37. The van der Waals surface area contributed by atoms with Crippen LogP contribution in [0, 0.1) is 0 Å². The van der Waals surface area contributed by atoms with Crippen molar-refractivity contribution >= 4 is 6.03 Å². The minimum atomic E-state index is 0.0375. The highest BCUT2D eigenvalue weighted by atomic mass is 16.2. The van der Waals surface area contributed by atoms with E-state index in [1.165, 1.54) is 51.6 Å². The predicted octanol–water partition coefficient (Wildman–Crippen LogP) is 2.25. The largest absolute Gasteiger partial charge is 0.335 e. The fourth-order valence-corrected chi connectivity index (χ4v) is 3.42. The quantitative estimate of drug-likeness (QED) is 0.754. The van der Waals surface area contributed by atoms with Gasteiger partial charge in [0.2, 0.25) is 0 Å². The molecule has 19 heavy (non-hydrogen) atoms. The Morgan fingerprint density at radius 3 is 2.37 bits per heavy atom. The van der Waals surface area contributed by atoms with Crippen LogP contribution in [-0.2, 0) is 0 Å². The first-order valence-corrected chi connectivity index (χ1v) is 8.06. The molecule has 110 valence electrons. The Kier molecular flexibility index (Phi) is 5.49. The average Bonchev–Trinajstić information content (AvgIpc) is 2.40. The van der Waals surface area contributed by atoms with E-state index in [1.807, 2.05) is 0 Å². The number of likely N-dealkylation sites (N-methyl/N-ethyl adjacent to an activating group) is 1. The van der Waals surface area contributed by atoms with E-state index >= 15 is 0 Å². The molecule has 0 aromatic rings. The maximum Gasteiger partial charge on any atom is 0.315 e. The second kappa shape index (κ2) is 7.13. The highest BCUT2D eigenvalue weighted by Gasteiger charge is 2.24. The average molecular weight is 268 g/mol. The van der Waals surface area contributed by atoms with Gasteiger partial charge in [-0.15, -0.1) is 0 Å². The zero-order chi connectivity index (χ0) is 13.6. The Hall–Kier alpha value is -0.770. The fraction of sp³-hybridized carbons (Fsp3) is 0.933. The first-order valence-electron chi connectivity index (χ1n) is 8.06. The van der Waals surface area contributed by atoms with Crippen molar-refractivity contribution in [2.24, 2.45) is 0 Å². The van der Waals surface area contributed by atoms with Crippen molar-refractivity contribution < 1.29 is 9.28 Å². The van der Waals surface area contributed by atoms with Crippen LogP contribution in [0.25, 0.3) is 0 Å². The summed E-state index contributed by atoms with van der Waals surface area (Å²) in [6, 6.07) is 0.448. The number of carbonyl (C=O) groups excluding carboxylic acids is 1. The van der Waals surface area contributed by atoms with E-state index < -0.39 is 0 Å². The Bertz CT molecular complexity index is 281. The molecule has 2 amide bonds. The summed E-state index contributed by atoms with van der Waals surface area (Å²) in [5, 5.41) is 6.15. The molecule has 2 fully saturated rings. The fourth-order valence-electron chi connectivity index (χ4n) is 3.42. The van der Waals surface area contributed by atoms with Gasteiger partial charge < -0.3 is 15.1 Å². The lowest BCUT2D eigenvalue weighted by Crippen LogP contribution is -2.53. The van der Waals surface area contributed by atoms with Crippen LogP contribution >= 0.6 is 0 Å². The highest BCUT2D eigenvalue weighted by molar-refractivity contribution is 5.74. The molecule has 2 rings (SSSR count). The second-order valence-corrected chi connectivity index (χ2v) is 6.59. The van der Waals surface area contributed by atoms with E-state index in [-0.39, 0.29) is 6.03 Å². The topological polar surface area (TPSA) is 41.1 Å². The van der Waals surface area contributed by atoms with Crippen molar-refractivity contribution in [3.8, 4) is 0 Å². The molecule has 0 unspecified atom stereocenters. The van der Waals surface area contributed by atoms with E-state index in [2.05, 4.69) is 17.7 Å². The summed E-state index contributed by atoms with van der Waals surface area (Å²) < 4.78 is 1.13. The SMILES string of the molecule is C[N+]1(CCNC(=O)NC2CCCCC2)CCCCC1. The summed E-state index contributed by atoms with van der Waals surface area (Å²) >= 11 is 0. The number of piperidine rings is 1. The Labute approximate surface area is 117 Å². The molecule has 0 spiro atoms. The van der Waals surface area contributed by atoms with Crippen molar-refractivity contribution in [1.82, 2.24) is 10.6 Å². The number of nitrogens with zero attached hydrogens (tertiary/aromatic N) is 1. The molecule has 4 heteroatoms. The van der Waals surface area contributed by atoms with Crippen molar-refractivity contribution in [1.29, 1.82) is 0 Å². The minimum absolute atomic E-state index is 0.0375. The van der Waals surface area contributed by atoms with E-state index in [1.54, 1.807) is 0 Å². The summed E-state index contributed by atoms with van der Waals surface area (Å²) in [5.74, 6) is 0. The summed E-state index contributed by atoms with van der Waals surface area (Å²) in [5.41, 5.74) is 0. The third-order valence-corrected chi connectivity index (χ3v) is 4.77. The number of hydrogen-bond acceptors (Lipinski definition) is 1. The van der Waals surface area contributed by atoms with Gasteiger partial charge in [0.05, 0.1) is 33.2 Å². The summed E-state index contributed by atoms with van der Waals surface area (Å²) in [4.78, 5) is 11.8. The number of likely N-dealkylation sites (tertiary alicyclic amines) is 1. The van der Waals surface area contributed by atoms with Gasteiger partial charge in [0.25, 0.3) is 0 Å². The number of rotatable bonds is 4. The van der Waals surface area contributed by atoms with Gasteiger partial charge in [0.15, 0.2) is 0 Å². The van der Waals surface area contributed by atoms with Crippen LogP contribution in [-0.4, -0.2) is 49.8 Å². The molecule has 0 atom stereocenters. The number of nitrogens with one attached hydrogen (secondary N) is 2. The van der Waals surface area contributed by atoms with Crippen LogP contribution in [0.1, 0.15) is 51.4 Å². The molecule has 4 nitrogen and oxygen atoms in total. The van der Waals surface area contributed by atoms with E-state index in [9.17, 15) is 4.79 Å². The maximum atomic E-state index is 11.8. The lowest BCUT2D eigenvalue weighted by molar-refractivity contribution is -0.912. The molecule has 0 radical (unpaired) electrons. The van der Waals surface area contributed by atoms with Crippen LogP contribution in [0.2, 0.25) is 0 Å². The Balaban J connectivity index is 1.60. The van der Waals surface area contributed by atoms with Crippen LogP contribution in [0.5, 0.6) is 0 Å². The second-order valence-electron chi connectivity index (χ2n) is 6.59. The lowest BCUT2D eigenvalue weighted by atomic mass is 9.96. The molecule has 2 N–H and O–H groups in total. The monoisotopic (exact) mass is 268 g/mol. The first kappa shape index (κ1) is 14.6. The van der Waals surface area contributed by atoms with Crippen LogP contribution < -0.4 is 10.6 Å². The van der Waals surface area contributed by atoms with Gasteiger partial charge in [-0.1, -0.05) is 19.3 Å². The van der Waals surface area contributed by atoms with Gasteiger partial charge in [-0.25, -0.2) is 4.79 Å². The molecule has 0 aromatic heterocycles. The zero-order valence-electron chi connectivity index (χ0n) is 12.4. The van der Waals surface area contributed by atoms with Gasteiger partial charge in [-0.2, -0.15) is 0 Å². The third-order valence-electron chi connectivity index (χ3n) is 4.77. The highest BCUT2D eigenvalue weighted by Crippen LogP contribution is 2.17. The summed E-state index contributed by atoms with van der Waals surface area (Å²) in [7, 11) is 2.32. The van der Waals surface area contributed by atoms with Gasteiger partial charge in [0.1, 0.15) is 0 Å². The molecular formula is C15H30N3O+. The van der Waals surface area contributed by atoms with E-state index in [0.717, 1.165) is 30.4 Å². The molecule has 0 aromatic carbocycles. The Morgan fingerprint density at radius 1 is 1.05 bits per heavy atom. The molecule has 1 heterocycles. The van der Waals surface area contributed by atoms with Crippen LogP contribution in [0.4, 0.5) is 4.79 Å². The van der Waals surface area contributed by atoms with Crippen LogP contribution in [0.3, 0.4) is 0 Å². The van der Waals surface area contributed by atoms with Crippen molar-refractivity contribution in [2.75, 3.05) is 33.2 Å². The van der Waals surface area contributed by atoms with E-state index in [0.29, 0.717) is 6.04 Å². The van der Waals surface area contributed by atoms with Gasteiger partial charge >= 0.3 is 6.03 Å². The molecular weight excluding hydrogens is 238 g/mol. The van der Waals surface area contributed by atoms with Crippen molar-refractivity contribution in [3.05, 3.63) is 0 Å². The van der Waals surface area contributed by atoms with Crippen molar-refractivity contribution in [2.45, 2.75) is 57.4 Å². The summed E-state index contributed by atoms with van der Waals surface area (Å²) in [6.45, 7) is 4.41. The number of urea groups is 1. The first-order chi connectivity index (χ1) is 9.18. The third kappa shape index (κ3) is 5.01. The van der Waals surface area contributed by atoms with E-state index in [4.69, 9.17) is 0 Å². The molecule has 1 saturated heterocycles. The Morgan fingerprint density at radius 2 is 1.68 bits per heavy atom. The smallest absolute Gasteiger partial charge is 0.315 e. The van der Waals surface area contributed by atoms with Gasteiger partial charge in [-0.05, 0) is 32.1 Å². The summed E-state index contributed by atoms with van der Waals surface area (Å²) in [6.07, 6.45) is 10.2. The standard InChI is InChI=1S/C15H29N3O/c1-18(11-6-3-7-12-18)13-10-16-15(19)17-14-8-4-2-5-9-14/h14H,2-13H2,1H3,(H-,16,17,19)/p+1. The number of carbonyl (C=O) groups is 1. The minimum Gasteiger partial charge on any atom is -0.335 e. The van der Waals surface area contributed by atoms with Gasteiger partial charge in [-0.3, -0.25) is 0 Å². The maximum absolute atomic E-state index is 11.8. The molecule has 1 saturated carbocycles. The van der Waals surface area contributed by atoms with Crippen LogP contribution in [0.15, 0.2) is 0 Å². The molecule has 1 aliphatic carbocycles. The zero-order valence-corrected chi connectivity index (χ0v) is 12.4. The predicted molar refractivity (Wildman–Crippen MR) is 78.0 cm³/mol. The normalized spacial score (nSPS) is 23.8.